The Bertz CT molecular complexity index is 1280. The number of carbonyl (C=O) groups excluding carboxylic acids is 1. The highest BCUT2D eigenvalue weighted by Gasteiger charge is 2.21. The van der Waals surface area contributed by atoms with Crippen LogP contribution in [0.25, 0.3) is 11.0 Å². The molecular formula is C25H24N4O2. The van der Waals surface area contributed by atoms with Gasteiger partial charge in [-0.25, -0.2) is 4.98 Å². The lowest BCUT2D eigenvalue weighted by Crippen LogP contribution is -2.33. The van der Waals surface area contributed by atoms with Gasteiger partial charge in [0.1, 0.15) is 11.6 Å². The quantitative estimate of drug-likeness (QED) is 0.531. The highest BCUT2D eigenvalue weighted by Crippen LogP contribution is 2.32. The van der Waals surface area contributed by atoms with Gasteiger partial charge in [0.15, 0.2) is 0 Å². The van der Waals surface area contributed by atoms with E-state index >= 15 is 0 Å². The number of carbonyl (C=O) groups is 1. The Morgan fingerprint density at radius 3 is 2.68 bits per heavy atom. The molecule has 0 atom stereocenters. The second kappa shape index (κ2) is 7.80. The van der Waals surface area contributed by atoms with Crippen LogP contribution in [0.1, 0.15) is 21.7 Å². The normalized spacial score (nSPS) is 13.2. The molecule has 6 heteroatoms. The van der Waals surface area contributed by atoms with Gasteiger partial charge < -0.3 is 19.5 Å². The summed E-state index contributed by atoms with van der Waals surface area (Å²) in [6.07, 6.45) is 0. The van der Waals surface area contributed by atoms with E-state index in [1.54, 1.807) is 7.11 Å². The molecule has 1 amide bonds. The number of fused-ring (bicyclic) bond motifs is 3. The molecular weight excluding hydrogens is 388 g/mol. The van der Waals surface area contributed by atoms with Crippen LogP contribution in [0.2, 0.25) is 0 Å². The SMILES string of the molecule is COc1cc(N2CCn3c(nc4ccccc43)C2)ccc1NC(=O)c1ccccc1C. The number of amides is 1. The summed E-state index contributed by atoms with van der Waals surface area (Å²) in [4.78, 5) is 19.8. The first kappa shape index (κ1) is 19.2. The molecule has 1 aliphatic heterocycles. The molecule has 156 valence electrons. The standard InChI is InChI=1S/C25H24N4O2/c1-17-7-3-4-8-19(17)25(30)27-21-12-11-18(15-23(21)31-2)28-13-14-29-22-10-6-5-9-20(22)26-24(29)16-28/h3-12,15H,13-14,16H2,1-2H3,(H,27,30). The molecule has 0 radical (unpaired) electrons. The molecule has 31 heavy (non-hydrogen) atoms. The van der Waals surface area contributed by atoms with Gasteiger partial charge in [0.2, 0.25) is 0 Å². The van der Waals surface area contributed by atoms with E-state index < -0.39 is 0 Å². The van der Waals surface area contributed by atoms with Crippen LogP contribution in [0.4, 0.5) is 11.4 Å². The molecule has 4 aromatic rings. The van der Waals surface area contributed by atoms with Crippen molar-refractivity contribution < 1.29 is 9.53 Å². The predicted molar refractivity (Wildman–Crippen MR) is 123 cm³/mol. The molecule has 3 aromatic carbocycles. The molecule has 0 saturated carbocycles. The number of methoxy groups -OCH3 is 1. The Balaban J connectivity index is 1.39. The molecule has 1 aliphatic rings. The van der Waals surface area contributed by atoms with Crippen LogP contribution in [-0.4, -0.2) is 29.1 Å². The third-order valence-corrected chi connectivity index (χ3v) is 5.85. The second-order valence-electron chi connectivity index (χ2n) is 7.74. The molecule has 0 fully saturated rings. The maximum absolute atomic E-state index is 12.7. The first-order valence-corrected chi connectivity index (χ1v) is 10.4. The number of hydrogen-bond donors (Lipinski definition) is 1. The predicted octanol–water partition coefficient (Wildman–Crippen LogP) is 4.63. The van der Waals surface area contributed by atoms with E-state index in [0.717, 1.165) is 42.2 Å². The minimum Gasteiger partial charge on any atom is -0.494 e. The number of nitrogens with one attached hydrogen (secondary N) is 1. The Morgan fingerprint density at radius 2 is 1.84 bits per heavy atom. The Kier molecular flexibility index (Phi) is 4.82. The summed E-state index contributed by atoms with van der Waals surface area (Å²) in [6.45, 7) is 4.42. The van der Waals surface area contributed by atoms with Crippen LogP contribution in [-0.2, 0) is 13.1 Å². The minimum atomic E-state index is -0.143. The molecule has 2 heterocycles. The Morgan fingerprint density at radius 1 is 1.03 bits per heavy atom. The zero-order valence-electron chi connectivity index (χ0n) is 17.6. The van der Waals surface area contributed by atoms with Crippen LogP contribution in [0.5, 0.6) is 5.75 Å². The summed E-state index contributed by atoms with van der Waals surface area (Å²) < 4.78 is 7.89. The molecule has 1 N–H and O–H groups in total. The fraction of sp³-hybridized carbons (Fsp3) is 0.200. The van der Waals surface area contributed by atoms with Gasteiger partial charge >= 0.3 is 0 Å². The van der Waals surface area contributed by atoms with Crippen molar-refractivity contribution in [3.63, 3.8) is 0 Å². The zero-order valence-corrected chi connectivity index (χ0v) is 17.6. The highest BCUT2D eigenvalue weighted by molar-refractivity contribution is 6.06. The van der Waals surface area contributed by atoms with Gasteiger partial charge in [0, 0.05) is 30.4 Å². The zero-order chi connectivity index (χ0) is 21.4. The summed E-state index contributed by atoms with van der Waals surface area (Å²) >= 11 is 0. The summed E-state index contributed by atoms with van der Waals surface area (Å²) in [5, 5.41) is 2.98. The number of aryl methyl sites for hydroxylation is 1. The van der Waals surface area contributed by atoms with Crippen molar-refractivity contribution in [3.05, 3.63) is 83.7 Å². The number of para-hydroxylation sites is 2. The van der Waals surface area contributed by atoms with Gasteiger partial charge in [-0.3, -0.25) is 4.79 Å². The average Bonchev–Trinajstić information content (AvgIpc) is 3.17. The van der Waals surface area contributed by atoms with Crippen LogP contribution in [0, 0.1) is 6.92 Å². The third-order valence-electron chi connectivity index (χ3n) is 5.85. The van der Waals surface area contributed by atoms with E-state index in [0.29, 0.717) is 17.0 Å². The molecule has 6 nitrogen and oxygen atoms in total. The molecule has 0 saturated heterocycles. The summed E-state index contributed by atoms with van der Waals surface area (Å²) in [7, 11) is 1.62. The summed E-state index contributed by atoms with van der Waals surface area (Å²) in [5.74, 6) is 1.55. The second-order valence-corrected chi connectivity index (χ2v) is 7.74. The molecule has 0 spiro atoms. The fourth-order valence-corrected chi connectivity index (χ4v) is 4.18. The van der Waals surface area contributed by atoms with E-state index in [1.807, 2.05) is 55.5 Å². The van der Waals surface area contributed by atoms with Gasteiger partial charge in [0.05, 0.1) is 30.4 Å². The average molecular weight is 412 g/mol. The number of rotatable bonds is 4. The maximum Gasteiger partial charge on any atom is 0.256 e. The number of anilines is 2. The van der Waals surface area contributed by atoms with Crippen molar-refractivity contribution >= 4 is 28.3 Å². The van der Waals surface area contributed by atoms with Gasteiger partial charge in [0.25, 0.3) is 5.91 Å². The lowest BCUT2D eigenvalue weighted by Gasteiger charge is -2.30. The van der Waals surface area contributed by atoms with Crippen molar-refractivity contribution in [2.24, 2.45) is 0 Å². The number of aromatic nitrogens is 2. The van der Waals surface area contributed by atoms with Gasteiger partial charge in [-0.15, -0.1) is 0 Å². The molecule has 5 rings (SSSR count). The van der Waals surface area contributed by atoms with Crippen molar-refractivity contribution in [2.45, 2.75) is 20.0 Å². The smallest absolute Gasteiger partial charge is 0.256 e. The number of hydrogen-bond acceptors (Lipinski definition) is 4. The van der Waals surface area contributed by atoms with E-state index in [-0.39, 0.29) is 5.91 Å². The lowest BCUT2D eigenvalue weighted by atomic mass is 10.1. The summed E-state index contributed by atoms with van der Waals surface area (Å²) in [6, 6.07) is 21.7. The van der Waals surface area contributed by atoms with Gasteiger partial charge in [-0.2, -0.15) is 0 Å². The van der Waals surface area contributed by atoms with E-state index in [4.69, 9.17) is 9.72 Å². The summed E-state index contributed by atoms with van der Waals surface area (Å²) in [5.41, 5.74) is 5.51. The van der Waals surface area contributed by atoms with Crippen LogP contribution in [0.15, 0.2) is 66.7 Å². The molecule has 0 unspecified atom stereocenters. The molecule has 0 bridgehead atoms. The van der Waals surface area contributed by atoms with Crippen LogP contribution < -0.4 is 15.0 Å². The topological polar surface area (TPSA) is 59.4 Å². The number of ether oxygens (including phenoxy) is 1. The lowest BCUT2D eigenvalue weighted by molar-refractivity contribution is 0.102. The molecule has 0 aliphatic carbocycles. The van der Waals surface area contributed by atoms with Crippen molar-refractivity contribution in [3.8, 4) is 5.75 Å². The van der Waals surface area contributed by atoms with E-state index in [2.05, 4.69) is 33.0 Å². The minimum absolute atomic E-state index is 0.143. The highest BCUT2D eigenvalue weighted by atomic mass is 16.5. The van der Waals surface area contributed by atoms with Gasteiger partial charge in [-0.1, -0.05) is 30.3 Å². The van der Waals surface area contributed by atoms with Crippen molar-refractivity contribution in [1.29, 1.82) is 0 Å². The molecule has 1 aromatic heterocycles. The first-order chi connectivity index (χ1) is 15.1. The first-order valence-electron chi connectivity index (χ1n) is 10.4. The van der Waals surface area contributed by atoms with Crippen LogP contribution >= 0.6 is 0 Å². The van der Waals surface area contributed by atoms with E-state index in [9.17, 15) is 4.79 Å². The van der Waals surface area contributed by atoms with Crippen molar-refractivity contribution in [2.75, 3.05) is 23.9 Å². The number of nitrogens with zero attached hydrogens (tertiary/aromatic N) is 3. The van der Waals surface area contributed by atoms with Crippen LogP contribution in [0.3, 0.4) is 0 Å². The Hall–Kier alpha value is -3.80. The van der Waals surface area contributed by atoms with Crippen molar-refractivity contribution in [1.82, 2.24) is 9.55 Å². The number of imidazole rings is 1. The largest absolute Gasteiger partial charge is 0.494 e. The fourth-order valence-electron chi connectivity index (χ4n) is 4.18. The van der Waals surface area contributed by atoms with Gasteiger partial charge in [-0.05, 0) is 42.8 Å². The maximum atomic E-state index is 12.7. The Labute approximate surface area is 181 Å². The number of benzene rings is 3. The van der Waals surface area contributed by atoms with E-state index in [1.165, 1.54) is 5.52 Å². The third kappa shape index (κ3) is 3.50. The monoisotopic (exact) mass is 412 g/mol.